The van der Waals surface area contributed by atoms with E-state index in [9.17, 15) is 4.79 Å². The first-order valence-electron chi connectivity index (χ1n) is 6.21. The average molecular weight is 304 g/mol. The van der Waals surface area contributed by atoms with Crippen LogP contribution in [0.15, 0.2) is 34.2 Å². The SMILES string of the molecule is NCCn1nnnc1SCn1nnc2ccccc2c1=O. The molecular weight excluding hydrogens is 292 g/mol. The van der Waals surface area contributed by atoms with Crippen molar-refractivity contribution in [2.75, 3.05) is 6.54 Å². The summed E-state index contributed by atoms with van der Waals surface area (Å²) in [6.07, 6.45) is 0. The lowest BCUT2D eigenvalue weighted by Crippen LogP contribution is -2.23. The highest BCUT2D eigenvalue weighted by Crippen LogP contribution is 2.14. The van der Waals surface area contributed by atoms with Crippen LogP contribution in [0.2, 0.25) is 0 Å². The maximum atomic E-state index is 12.3. The molecule has 1 aromatic carbocycles. The van der Waals surface area contributed by atoms with Gasteiger partial charge in [0, 0.05) is 6.54 Å². The second kappa shape index (κ2) is 5.97. The molecule has 2 heterocycles. The molecule has 0 atom stereocenters. The van der Waals surface area contributed by atoms with E-state index in [-0.39, 0.29) is 11.4 Å². The third-order valence-corrected chi connectivity index (χ3v) is 3.71. The summed E-state index contributed by atoms with van der Waals surface area (Å²) >= 11 is 1.30. The summed E-state index contributed by atoms with van der Waals surface area (Å²) in [6.45, 7) is 0.960. The molecule has 0 aliphatic rings. The molecule has 2 aromatic heterocycles. The fourth-order valence-corrected chi connectivity index (χ4v) is 2.57. The minimum atomic E-state index is -0.189. The van der Waals surface area contributed by atoms with Crippen molar-refractivity contribution in [1.29, 1.82) is 0 Å². The lowest BCUT2D eigenvalue weighted by atomic mass is 10.2. The third-order valence-electron chi connectivity index (χ3n) is 2.79. The van der Waals surface area contributed by atoms with Crippen LogP contribution >= 0.6 is 11.8 Å². The van der Waals surface area contributed by atoms with Gasteiger partial charge in [-0.25, -0.2) is 4.68 Å². The molecule has 0 amide bonds. The molecule has 108 valence electrons. The zero-order valence-electron chi connectivity index (χ0n) is 11.0. The number of rotatable bonds is 5. The van der Waals surface area contributed by atoms with Crippen LogP contribution in [0.4, 0.5) is 0 Å². The molecule has 3 rings (SSSR count). The number of nitrogens with two attached hydrogens (primary N) is 1. The zero-order chi connectivity index (χ0) is 14.7. The molecule has 21 heavy (non-hydrogen) atoms. The van der Waals surface area contributed by atoms with Crippen molar-refractivity contribution in [2.45, 2.75) is 17.6 Å². The number of aromatic nitrogens is 7. The number of tetrazole rings is 1. The van der Waals surface area contributed by atoms with Crippen molar-refractivity contribution in [2.24, 2.45) is 5.73 Å². The molecule has 10 heteroatoms. The summed E-state index contributed by atoms with van der Waals surface area (Å²) in [7, 11) is 0. The second-order valence-corrected chi connectivity index (χ2v) is 5.07. The van der Waals surface area contributed by atoms with Gasteiger partial charge in [0.25, 0.3) is 5.56 Å². The van der Waals surface area contributed by atoms with Gasteiger partial charge < -0.3 is 5.73 Å². The van der Waals surface area contributed by atoms with Crippen LogP contribution in [0, 0.1) is 0 Å². The van der Waals surface area contributed by atoms with Crippen molar-refractivity contribution >= 4 is 22.7 Å². The van der Waals surface area contributed by atoms with Gasteiger partial charge in [-0.1, -0.05) is 29.1 Å². The van der Waals surface area contributed by atoms with Gasteiger partial charge in [0.15, 0.2) is 0 Å². The van der Waals surface area contributed by atoms with E-state index in [1.807, 2.05) is 6.07 Å². The smallest absolute Gasteiger partial charge is 0.278 e. The molecule has 0 bridgehead atoms. The molecule has 2 N–H and O–H groups in total. The summed E-state index contributed by atoms with van der Waals surface area (Å²) in [5.74, 6) is 0.279. The predicted molar refractivity (Wildman–Crippen MR) is 76.5 cm³/mol. The summed E-state index contributed by atoms with van der Waals surface area (Å²) in [5, 5.41) is 20.4. The summed E-state index contributed by atoms with van der Waals surface area (Å²) in [6, 6.07) is 7.09. The first kappa shape index (κ1) is 13.6. The van der Waals surface area contributed by atoms with Crippen molar-refractivity contribution < 1.29 is 0 Å². The summed E-state index contributed by atoms with van der Waals surface area (Å²) < 4.78 is 2.87. The Morgan fingerprint density at radius 1 is 1.14 bits per heavy atom. The number of hydrogen-bond acceptors (Lipinski definition) is 8. The average Bonchev–Trinajstić information content (AvgIpc) is 2.95. The minimum absolute atomic E-state index is 0.189. The minimum Gasteiger partial charge on any atom is -0.329 e. The fourth-order valence-electron chi connectivity index (χ4n) is 1.79. The monoisotopic (exact) mass is 304 g/mol. The lowest BCUT2D eigenvalue weighted by molar-refractivity contribution is 0.554. The first-order valence-corrected chi connectivity index (χ1v) is 7.20. The van der Waals surface area contributed by atoms with E-state index in [4.69, 9.17) is 5.73 Å². The standard InChI is InChI=1S/C11H12N8OS/c12-5-6-18-11(14-15-17-18)21-7-19-10(20)8-3-1-2-4-9(8)13-16-19/h1-4H,5-7,12H2. The molecular formula is C11H12N8OS. The highest BCUT2D eigenvalue weighted by Gasteiger charge is 2.09. The van der Waals surface area contributed by atoms with Crippen LogP contribution in [-0.4, -0.2) is 41.7 Å². The van der Waals surface area contributed by atoms with Gasteiger partial charge in [-0.05, 0) is 22.6 Å². The molecule has 0 saturated heterocycles. The highest BCUT2D eigenvalue weighted by molar-refractivity contribution is 7.98. The maximum Gasteiger partial charge on any atom is 0.278 e. The normalized spacial score (nSPS) is 11.1. The van der Waals surface area contributed by atoms with Gasteiger partial charge in [-0.3, -0.25) is 4.79 Å². The van der Waals surface area contributed by atoms with Crippen molar-refractivity contribution in [3.8, 4) is 0 Å². The molecule has 3 aromatic rings. The Morgan fingerprint density at radius 2 is 2.00 bits per heavy atom. The quantitative estimate of drug-likeness (QED) is 0.626. The Kier molecular flexibility index (Phi) is 3.88. The molecule has 0 unspecified atom stereocenters. The Hall–Kier alpha value is -2.33. The van der Waals surface area contributed by atoms with Crippen LogP contribution in [0.3, 0.4) is 0 Å². The van der Waals surface area contributed by atoms with Gasteiger partial charge in [-0.15, -0.1) is 10.2 Å². The highest BCUT2D eigenvalue weighted by atomic mass is 32.2. The Labute approximate surface area is 123 Å². The van der Waals surface area contributed by atoms with Gasteiger partial charge >= 0.3 is 0 Å². The molecule has 9 nitrogen and oxygen atoms in total. The van der Waals surface area contributed by atoms with Crippen molar-refractivity contribution in [1.82, 2.24) is 35.2 Å². The van der Waals surface area contributed by atoms with Crippen LogP contribution in [0.25, 0.3) is 10.9 Å². The zero-order valence-corrected chi connectivity index (χ0v) is 11.8. The molecule has 0 aliphatic heterocycles. The summed E-state index contributed by atoms with van der Waals surface area (Å²) in [4.78, 5) is 12.3. The topological polar surface area (TPSA) is 117 Å². The number of hydrogen-bond donors (Lipinski definition) is 1. The Morgan fingerprint density at radius 3 is 2.86 bits per heavy atom. The van der Waals surface area contributed by atoms with E-state index in [2.05, 4.69) is 25.8 Å². The number of benzene rings is 1. The molecule has 0 spiro atoms. The number of fused-ring (bicyclic) bond motifs is 1. The predicted octanol–water partition coefficient (Wildman–Crippen LogP) is -0.514. The molecule has 0 radical (unpaired) electrons. The first-order chi connectivity index (χ1) is 10.3. The van der Waals surface area contributed by atoms with Crippen LogP contribution in [0.5, 0.6) is 0 Å². The van der Waals surface area contributed by atoms with Crippen LogP contribution < -0.4 is 11.3 Å². The number of thioether (sulfide) groups is 1. The maximum absolute atomic E-state index is 12.3. The van der Waals surface area contributed by atoms with E-state index in [1.165, 1.54) is 16.4 Å². The van der Waals surface area contributed by atoms with Crippen molar-refractivity contribution in [3.05, 3.63) is 34.6 Å². The third kappa shape index (κ3) is 2.76. The lowest BCUT2D eigenvalue weighted by Gasteiger charge is -2.04. The van der Waals surface area contributed by atoms with E-state index in [0.29, 0.717) is 29.1 Å². The molecule has 0 fully saturated rings. The van der Waals surface area contributed by atoms with E-state index >= 15 is 0 Å². The van der Waals surface area contributed by atoms with Gasteiger partial charge in [0.1, 0.15) is 5.52 Å². The molecule has 0 saturated carbocycles. The number of nitrogens with zero attached hydrogens (tertiary/aromatic N) is 7. The van der Waals surface area contributed by atoms with Crippen LogP contribution in [0.1, 0.15) is 0 Å². The largest absolute Gasteiger partial charge is 0.329 e. The van der Waals surface area contributed by atoms with E-state index in [0.717, 1.165) is 0 Å². The van der Waals surface area contributed by atoms with E-state index < -0.39 is 0 Å². The van der Waals surface area contributed by atoms with Crippen molar-refractivity contribution in [3.63, 3.8) is 0 Å². The van der Waals surface area contributed by atoms with Crippen LogP contribution in [-0.2, 0) is 12.4 Å². The van der Waals surface area contributed by atoms with Gasteiger partial charge in [0.05, 0.1) is 17.8 Å². The van der Waals surface area contributed by atoms with E-state index in [1.54, 1.807) is 22.9 Å². The van der Waals surface area contributed by atoms with Gasteiger partial charge in [0.2, 0.25) is 5.16 Å². The Bertz CT molecular complexity index is 813. The second-order valence-electron chi connectivity index (χ2n) is 4.16. The molecule has 0 aliphatic carbocycles. The van der Waals surface area contributed by atoms with Gasteiger partial charge in [-0.2, -0.15) is 4.68 Å². The fraction of sp³-hybridized carbons (Fsp3) is 0.273. The Balaban J connectivity index is 1.84. The summed E-state index contributed by atoms with van der Waals surface area (Å²) in [5.41, 5.74) is 5.87.